The maximum atomic E-state index is 11.7. The first-order valence-electron chi connectivity index (χ1n) is 6.80. The fourth-order valence-corrected chi connectivity index (χ4v) is 2.09. The van der Waals surface area contributed by atoms with E-state index in [0.717, 1.165) is 24.3 Å². The number of urea groups is 1. The molecular formula is C14H20N4O2. The van der Waals surface area contributed by atoms with Crippen molar-refractivity contribution in [2.45, 2.75) is 12.8 Å². The van der Waals surface area contributed by atoms with Crippen LogP contribution in [0.2, 0.25) is 0 Å². The Morgan fingerprint density at radius 3 is 2.70 bits per heavy atom. The number of nitrogens with one attached hydrogen (secondary N) is 3. The lowest BCUT2D eigenvalue weighted by Gasteiger charge is -2.14. The van der Waals surface area contributed by atoms with Crippen LogP contribution in [0.25, 0.3) is 0 Å². The van der Waals surface area contributed by atoms with Crippen LogP contribution in [0, 0.1) is 0 Å². The summed E-state index contributed by atoms with van der Waals surface area (Å²) in [6, 6.07) is 7.24. The predicted octanol–water partition coefficient (Wildman–Crippen LogP) is 1.15. The standard InChI is InChI=1S/C14H20N4O2/c1-15-8-2-3-13(19)17-11-4-6-12(7-5-11)18-10-9-16-14(18)20/h4-7,15H,2-3,8-10H2,1H3,(H,16,20)(H,17,19). The molecule has 0 radical (unpaired) electrons. The van der Waals surface area contributed by atoms with Gasteiger partial charge in [0.2, 0.25) is 5.91 Å². The van der Waals surface area contributed by atoms with Crippen LogP contribution in [-0.2, 0) is 4.79 Å². The monoisotopic (exact) mass is 276 g/mol. The molecule has 0 unspecified atom stereocenters. The highest BCUT2D eigenvalue weighted by atomic mass is 16.2. The van der Waals surface area contributed by atoms with Crippen LogP contribution in [0.4, 0.5) is 16.2 Å². The van der Waals surface area contributed by atoms with Gasteiger partial charge < -0.3 is 16.0 Å². The zero-order valence-electron chi connectivity index (χ0n) is 11.6. The van der Waals surface area contributed by atoms with Crippen molar-refractivity contribution in [1.29, 1.82) is 0 Å². The van der Waals surface area contributed by atoms with Gasteiger partial charge in [0.25, 0.3) is 0 Å². The van der Waals surface area contributed by atoms with Crippen molar-refractivity contribution in [2.75, 3.05) is 36.9 Å². The summed E-state index contributed by atoms with van der Waals surface area (Å²) in [5, 5.41) is 8.61. The molecule has 0 aliphatic carbocycles. The molecule has 3 amide bonds. The number of hydrogen-bond acceptors (Lipinski definition) is 3. The Kier molecular flexibility index (Phi) is 4.95. The fraction of sp³-hybridized carbons (Fsp3) is 0.429. The predicted molar refractivity (Wildman–Crippen MR) is 79.0 cm³/mol. The van der Waals surface area contributed by atoms with E-state index in [1.54, 1.807) is 4.90 Å². The van der Waals surface area contributed by atoms with E-state index in [1.165, 1.54) is 0 Å². The van der Waals surface area contributed by atoms with Crippen LogP contribution >= 0.6 is 0 Å². The van der Waals surface area contributed by atoms with Crippen LogP contribution < -0.4 is 20.9 Å². The van der Waals surface area contributed by atoms with Crippen LogP contribution in [-0.4, -0.2) is 38.6 Å². The molecule has 3 N–H and O–H groups in total. The van der Waals surface area contributed by atoms with Gasteiger partial charge in [0.05, 0.1) is 0 Å². The summed E-state index contributed by atoms with van der Waals surface area (Å²) in [7, 11) is 1.87. The van der Waals surface area contributed by atoms with Gasteiger partial charge in [-0.15, -0.1) is 0 Å². The summed E-state index contributed by atoms with van der Waals surface area (Å²) in [5.41, 5.74) is 1.59. The summed E-state index contributed by atoms with van der Waals surface area (Å²) in [5.74, 6) is 0.00640. The van der Waals surface area contributed by atoms with Crippen molar-refractivity contribution < 1.29 is 9.59 Å². The van der Waals surface area contributed by atoms with Gasteiger partial charge in [-0.1, -0.05) is 0 Å². The highest BCUT2D eigenvalue weighted by Crippen LogP contribution is 2.19. The highest BCUT2D eigenvalue weighted by molar-refractivity contribution is 5.95. The highest BCUT2D eigenvalue weighted by Gasteiger charge is 2.20. The van der Waals surface area contributed by atoms with E-state index in [4.69, 9.17) is 0 Å². The first-order chi connectivity index (χ1) is 9.70. The van der Waals surface area contributed by atoms with Crippen LogP contribution in [0.3, 0.4) is 0 Å². The van der Waals surface area contributed by atoms with Crippen molar-refractivity contribution in [2.24, 2.45) is 0 Å². The molecular weight excluding hydrogens is 256 g/mol. The number of amides is 3. The summed E-state index contributed by atoms with van der Waals surface area (Å²) in [6.45, 7) is 2.17. The number of benzene rings is 1. The van der Waals surface area contributed by atoms with Gasteiger partial charge in [0, 0.05) is 30.9 Å². The molecule has 0 spiro atoms. The first-order valence-corrected chi connectivity index (χ1v) is 6.80. The lowest BCUT2D eigenvalue weighted by molar-refractivity contribution is -0.116. The topological polar surface area (TPSA) is 73.5 Å². The van der Waals surface area contributed by atoms with Gasteiger partial charge in [-0.3, -0.25) is 9.69 Å². The zero-order valence-corrected chi connectivity index (χ0v) is 11.6. The Hall–Kier alpha value is -2.08. The zero-order chi connectivity index (χ0) is 14.4. The van der Waals surface area contributed by atoms with E-state index >= 15 is 0 Å². The summed E-state index contributed by atoms with van der Waals surface area (Å²) in [4.78, 5) is 24.9. The van der Waals surface area contributed by atoms with E-state index in [0.29, 0.717) is 19.5 Å². The van der Waals surface area contributed by atoms with E-state index in [9.17, 15) is 9.59 Å². The molecule has 6 heteroatoms. The molecule has 1 aliphatic rings. The Bertz CT molecular complexity index is 473. The molecule has 2 rings (SSSR count). The Morgan fingerprint density at radius 2 is 2.10 bits per heavy atom. The van der Waals surface area contributed by atoms with Gasteiger partial charge in [0.15, 0.2) is 0 Å². The Balaban J connectivity index is 1.88. The quantitative estimate of drug-likeness (QED) is 0.683. The van der Waals surface area contributed by atoms with Crippen molar-refractivity contribution in [3.8, 4) is 0 Å². The Labute approximate surface area is 118 Å². The molecule has 0 atom stereocenters. The van der Waals surface area contributed by atoms with Crippen molar-refractivity contribution in [1.82, 2.24) is 10.6 Å². The van der Waals surface area contributed by atoms with Crippen LogP contribution in [0.5, 0.6) is 0 Å². The smallest absolute Gasteiger partial charge is 0.321 e. The molecule has 0 aromatic heterocycles. The first kappa shape index (κ1) is 14.3. The lowest BCUT2D eigenvalue weighted by atomic mass is 10.2. The average molecular weight is 276 g/mol. The second-order valence-electron chi connectivity index (χ2n) is 4.69. The maximum absolute atomic E-state index is 11.7. The number of anilines is 2. The minimum Gasteiger partial charge on any atom is -0.336 e. The summed E-state index contributed by atoms with van der Waals surface area (Å²) < 4.78 is 0. The van der Waals surface area contributed by atoms with Gasteiger partial charge in [-0.2, -0.15) is 0 Å². The second-order valence-corrected chi connectivity index (χ2v) is 4.69. The fourth-order valence-electron chi connectivity index (χ4n) is 2.09. The molecule has 20 heavy (non-hydrogen) atoms. The van der Waals surface area contributed by atoms with Gasteiger partial charge in [0.1, 0.15) is 0 Å². The minimum atomic E-state index is -0.0751. The third-order valence-corrected chi connectivity index (χ3v) is 3.15. The van der Waals surface area contributed by atoms with Crippen LogP contribution in [0.15, 0.2) is 24.3 Å². The number of carbonyl (C=O) groups excluding carboxylic acids is 2. The molecule has 0 bridgehead atoms. The molecule has 108 valence electrons. The summed E-state index contributed by atoms with van der Waals surface area (Å²) >= 11 is 0. The lowest BCUT2D eigenvalue weighted by Crippen LogP contribution is -2.27. The number of nitrogens with zero attached hydrogens (tertiary/aromatic N) is 1. The molecule has 1 aromatic carbocycles. The normalized spacial score (nSPS) is 14.2. The van der Waals surface area contributed by atoms with E-state index in [1.807, 2.05) is 31.3 Å². The van der Waals surface area contributed by atoms with Gasteiger partial charge in [-0.05, 0) is 44.3 Å². The second kappa shape index (κ2) is 6.91. The van der Waals surface area contributed by atoms with Gasteiger partial charge >= 0.3 is 6.03 Å². The van der Waals surface area contributed by atoms with E-state index < -0.39 is 0 Å². The van der Waals surface area contributed by atoms with Crippen molar-refractivity contribution in [3.63, 3.8) is 0 Å². The van der Waals surface area contributed by atoms with Crippen molar-refractivity contribution in [3.05, 3.63) is 24.3 Å². The largest absolute Gasteiger partial charge is 0.336 e. The van der Waals surface area contributed by atoms with Crippen LogP contribution in [0.1, 0.15) is 12.8 Å². The maximum Gasteiger partial charge on any atom is 0.321 e. The third kappa shape index (κ3) is 3.71. The summed E-state index contributed by atoms with van der Waals surface area (Å²) in [6.07, 6.45) is 1.31. The minimum absolute atomic E-state index is 0.00640. The van der Waals surface area contributed by atoms with E-state index in [-0.39, 0.29) is 11.9 Å². The number of rotatable bonds is 6. The third-order valence-electron chi connectivity index (χ3n) is 3.15. The average Bonchev–Trinajstić information content (AvgIpc) is 2.86. The molecule has 0 saturated carbocycles. The number of hydrogen-bond donors (Lipinski definition) is 3. The molecule has 6 nitrogen and oxygen atoms in total. The molecule has 1 heterocycles. The van der Waals surface area contributed by atoms with E-state index in [2.05, 4.69) is 16.0 Å². The SMILES string of the molecule is CNCCCC(=O)Nc1ccc(N2CCNC2=O)cc1. The molecule has 1 aliphatic heterocycles. The molecule has 1 aromatic rings. The Morgan fingerprint density at radius 1 is 1.35 bits per heavy atom. The number of carbonyl (C=O) groups is 2. The van der Waals surface area contributed by atoms with Crippen molar-refractivity contribution >= 4 is 23.3 Å². The molecule has 1 fully saturated rings. The van der Waals surface area contributed by atoms with Gasteiger partial charge in [-0.25, -0.2) is 4.79 Å². The molecule has 1 saturated heterocycles.